The molecule has 0 aliphatic carbocycles. The third-order valence-electron chi connectivity index (χ3n) is 1.76. The monoisotopic (exact) mass is 166 g/mol. The molecule has 0 aromatic carbocycles. The zero-order chi connectivity index (χ0) is 8.55. The number of hydrogen-bond donors (Lipinski definition) is 0. The molecule has 0 spiro atoms. The summed E-state index contributed by atoms with van der Waals surface area (Å²) in [5.74, 6) is 0.0244. The molecule has 0 atom stereocenters. The second kappa shape index (κ2) is 2.55. The van der Waals surface area contributed by atoms with Gasteiger partial charge in [0, 0.05) is 12.6 Å². The van der Waals surface area contributed by atoms with Crippen molar-refractivity contribution >= 4 is 11.7 Å². The van der Waals surface area contributed by atoms with Gasteiger partial charge < -0.3 is 0 Å². The van der Waals surface area contributed by atoms with Crippen LogP contribution in [0.2, 0.25) is 0 Å². The molecule has 4 heteroatoms. The van der Waals surface area contributed by atoms with E-state index in [1.165, 1.54) is 23.3 Å². The van der Waals surface area contributed by atoms with Crippen LogP contribution in [0.3, 0.4) is 0 Å². The first-order chi connectivity index (χ1) is 5.77. The van der Waals surface area contributed by atoms with Crippen LogP contribution < -0.4 is 0 Å². The molecule has 2 rings (SSSR count). The van der Waals surface area contributed by atoms with Gasteiger partial charge in [-0.3, -0.25) is 14.7 Å². The summed E-state index contributed by atoms with van der Waals surface area (Å²) in [6.07, 6.45) is 4.34. The minimum Gasteiger partial charge on any atom is -0.274 e. The molecule has 0 unspecified atom stereocenters. The molecule has 1 amide bonds. The van der Waals surface area contributed by atoms with Crippen LogP contribution in [0.5, 0.6) is 0 Å². The van der Waals surface area contributed by atoms with E-state index in [-0.39, 0.29) is 5.91 Å². The van der Waals surface area contributed by atoms with Gasteiger partial charge in [-0.25, -0.2) is 4.39 Å². The Hall–Kier alpha value is -1.45. The third-order valence-corrected chi connectivity index (χ3v) is 1.76. The van der Waals surface area contributed by atoms with E-state index >= 15 is 0 Å². The van der Waals surface area contributed by atoms with Gasteiger partial charge in [0.1, 0.15) is 11.7 Å². The smallest absolute Gasteiger partial charge is 0.234 e. The topological polar surface area (TPSA) is 32.7 Å². The van der Waals surface area contributed by atoms with Crippen LogP contribution >= 0.6 is 0 Å². The summed E-state index contributed by atoms with van der Waals surface area (Å²) < 4.78 is 12.7. The predicted molar refractivity (Wildman–Crippen MR) is 42.1 cm³/mol. The van der Waals surface area contributed by atoms with E-state index in [1.807, 2.05) is 0 Å². The molecule has 2 aliphatic rings. The second-order valence-corrected chi connectivity index (χ2v) is 2.60. The molecule has 62 valence electrons. The minimum atomic E-state index is -0.413. The van der Waals surface area contributed by atoms with Crippen molar-refractivity contribution in [3.63, 3.8) is 0 Å². The summed E-state index contributed by atoms with van der Waals surface area (Å²) in [5, 5.41) is 0. The number of carbonyl (C=O) groups is 1. The lowest BCUT2D eigenvalue weighted by atomic mass is 10.2. The van der Waals surface area contributed by atoms with Crippen molar-refractivity contribution in [1.82, 2.24) is 4.90 Å². The number of allylic oxidation sites excluding steroid dienone is 2. The van der Waals surface area contributed by atoms with Crippen molar-refractivity contribution in [3.8, 4) is 0 Å². The van der Waals surface area contributed by atoms with Gasteiger partial charge in [0.05, 0.1) is 6.54 Å². The van der Waals surface area contributed by atoms with Crippen LogP contribution in [0.15, 0.2) is 29.2 Å². The SMILES string of the molecule is O=C1CCN=C2C=CC(F)=CN12. The average Bonchev–Trinajstić information content (AvgIpc) is 2.07. The number of fused-ring (bicyclic) bond motifs is 1. The van der Waals surface area contributed by atoms with Crippen LogP contribution in [0.1, 0.15) is 6.42 Å². The van der Waals surface area contributed by atoms with E-state index in [0.717, 1.165) is 0 Å². The fourth-order valence-electron chi connectivity index (χ4n) is 1.18. The molecule has 0 aromatic heterocycles. The van der Waals surface area contributed by atoms with Gasteiger partial charge in [-0.15, -0.1) is 0 Å². The number of aliphatic imine (C=N–C) groups is 1. The molecule has 0 N–H and O–H groups in total. The van der Waals surface area contributed by atoms with Gasteiger partial charge in [0.15, 0.2) is 0 Å². The third kappa shape index (κ3) is 1.05. The lowest BCUT2D eigenvalue weighted by molar-refractivity contribution is -0.125. The van der Waals surface area contributed by atoms with E-state index < -0.39 is 5.83 Å². The van der Waals surface area contributed by atoms with Gasteiger partial charge in [-0.2, -0.15) is 0 Å². The zero-order valence-corrected chi connectivity index (χ0v) is 6.33. The number of rotatable bonds is 0. The molecular formula is C8H7FN2O. The Labute approximate surface area is 68.9 Å². The van der Waals surface area contributed by atoms with Gasteiger partial charge >= 0.3 is 0 Å². The number of halogens is 1. The molecule has 0 bridgehead atoms. The molecule has 0 aromatic rings. The van der Waals surface area contributed by atoms with Crippen molar-refractivity contribution in [3.05, 3.63) is 24.2 Å². The van der Waals surface area contributed by atoms with Gasteiger partial charge in [-0.05, 0) is 12.2 Å². The Kier molecular flexibility index (Phi) is 1.53. The number of carbonyl (C=O) groups excluding carboxylic acids is 1. The predicted octanol–water partition coefficient (Wildman–Crippen LogP) is 0.998. The molecular weight excluding hydrogens is 159 g/mol. The molecule has 2 heterocycles. The number of nitrogens with zero attached hydrogens (tertiary/aromatic N) is 2. The molecule has 0 fully saturated rings. The maximum absolute atomic E-state index is 12.7. The van der Waals surface area contributed by atoms with Crippen LogP contribution in [0.25, 0.3) is 0 Å². The number of hydrogen-bond acceptors (Lipinski definition) is 2. The molecule has 0 saturated carbocycles. The van der Waals surface area contributed by atoms with E-state index in [1.54, 1.807) is 0 Å². The van der Waals surface area contributed by atoms with E-state index in [2.05, 4.69) is 4.99 Å². The van der Waals surface area contributed by atoms with E-state index in [9.17, 15) is 9.18 Å². The highest BCUT2D eigenvalue weighted by atomic mass is 19.1. The first-order valence-electron chi connectivity index (χ1n) is 3.69. The summed E-state index contributed by atoms with van der Waals surface area (Å²) in [4.78, 5) is 16.5. The van der Waals surface area contributed by atoms with Gasteiger partial charge in [0.2, 0.25) is 5.91 Å². The number of amidine groups is 1. The molecule has 2 aliphatic heterocycles. The lowest BCUT2D eigenvalue weighted by Crippen LogP contribution is -2.36. The maximum atomic E-state index is 12.7. The van der Waals surface area contributed by atoms with E-state index in [4.69, 9.17) is 0 Å². The minimum absolute atomic E-state index is 0.0977. The van der Waals surface area contributed by atoms with Crippen LogP contribution in [0, 0.1) is 0 Å². The van der Waals surface area contributed by atoms with Gasteiger partial charge in [-0.1, -0.05) is 0 Å². The Bertz CT molecular complexity index is 317. The summed E-state index contributed by atoms with van der Waals surface area (Å²) in [5.41, 5.74) is 0. The molecule has 3 nitrogen and oxygen atoms in total. The van der Waals surface area contributed by atoms with Crippen molar-refractivity contribution in [2.45, 2.75) is 6.42 Å². The maximum Gasteiger partial charge on any atom is 0.234 e. The Morgan fingerprint density at radius 1 is 1.50 bits per heavy atom. The van der Waals surface area contributed by atoms with Crippen molar-refractivity contribution in [2.24, 2.45) is 4.99 Å². The largest absolute Gasteiger partial charge is 0.274 e. The Balaban J connectivity index is 2.38. The highest BCUT2D eigenvalue weighted by Crippen LogP contribution is 2.15. The van der Waals surface area contributed by atoms with Crippen molar-refractivity contribution in [1.29, 1.82) is 0 Å². The standard InChI is InChI=1S/C8H7FN2O/c9-6-1-2-7-10-4-3-8(12)11(7)5-6/h1-2,5H,3-4H2. The Morgan fingerprint density at radius 2 is 2.33 bits per heavy atom. The highest BCUT2D eigenvalue weighted by molar-refractivity contribution is 6.07. The average molecular weight is 166 g/mol. The van der Waals surface area contributed by atoms with Crippen LogP contribution in [0.4, 0.5) is 4.39 Å². The van der Waals surface area contributed by atoms with Crippen LogP contribution in [-0.4, -0.2) is 23.2 Å². The molecule has 0 saturated heterocycles. The first-order valence-corrected chi connectivity index (χ1v) is 3.69. The summed E-state index contributed by atoms with van der Waals surface area (Å²) in [7, 11) is 0. The first kappa shape index (κ1) is 7.21. The Morgan fingerprint density at radius 3 is 3.17 bits per heavy atom. The fourth-order valence-corrected chi connectivity index (χ4v) is 1.18. The summed E-state index contributed by atoms with van der Waals surface area (Å²) in [6.45, 7) is 0.504. The van der Waals surface area contributed by atoms with E-state index in [0.29, 0.717) is 18.8 Å². The zero-order valence-electron chi connectivity index (χ0n) is 6.33. The van der Waals surface area contributed by atoms with Gasteiger partial charge in [0.25, 0.3) is 0 Å². The highest BCUT2D eigenvalue weighted by Gasteiger charge is 2.22. The summed E-state index contributed by atoms with van der Waals surface area (Å²) >= 11 is 0. The summed E-state index contributed by atoms with van der Waals surface area (Å²) in [6, 6.07) is 0. The quantitative estimate of drug-likeness (QED) is 0.528. The fraction of sp³-hybridized carbons (Fsp3) is 0.250. The van der Waals surface area contributed by atoms with Crippen molar-refractivity contribution in [2.75, 3.05) is 6.54 Å². The normalized spacial score (nSPS) is 21.8. The second-order valence-electron chi connectivity index (χ2n) is 2.60. The van der Waals surface area contributed by atoms with Crippen LogP contribution in [-0.2, 0) is 4.79 Å². The lowest BCUT2D eigenvalue weighted by Gasteiger charge is -2.23. The molecule has 12 heavy (non-hydrogen) atoms. The molecule has 0 radical (unpaired) electrons. The van der Waals surface area contributed by atoms with Crippen molar-refractivity contribution < 1.29 is 9.18 Å². The number of amides is 1.